The molecule has 91 valence electrons. The third-order valence-electron chi connectivity index (χ3n) is 2.08. The molecule has 0 heterocycles. The number of Topliss-reactive ketones (excluding diaryl/α,β-unsaturated/α-hetero) is 1. The van der Waals surface area contributed by atoms with Gasteiger partial charge in [0.15, 0.2) is 0 Å². The van der Waals surface area contributed by atoms with Gasteiger partial charge in [0.1, 0.15) is 5.78 Å². The monoisotopic (exact) mass is 460 g/mol. The van der Waals surface area contributed by atoms with E-state index in [9.17, 15) is 9.59 Å². The number of rotatable bonds is 5. The molecule has 17 heavy (non-hydrogen) atoms. The van der Waals surface area contributed by atoms with Crippen molar-refractivity contribution in [1.82, 2.24) is 5.73 Å². The van der Waals surface area contributed by atoms with E-state index in [0.29, 0.717) is 12.1 Å². The zero-order valence-electron chi connectivity index (χ0n) is 9.41. The summed E-state index contributed by atoms with van der Waals surface area (Å²) in [6.45, 7) is 1.41. The Bertz CT molecular complexity index is 354. The Morgan fingerprint density at radius 3 is 2.35 bits per heavy atom. The Labute approximate surface area is 124 Å². The minimum Gasteiger partial charge on any atom is -0.490 e. The molecule has 4 N–H and O–H groups in total. The molecule has 0 unspecified atom stereocenters. The molecule has 1 atom stereocenters. The average Bonchev–Trinajstić information content (AvgIpc) is 2.21. The van der Waals surface area contributed by atoms with Gasteiger partial charge in [0.05, 0.1) is 12.5 Å². The molecule has 0 aliphatic rings. The van der Waals surface area contributed by atoms with Gasteiger partial charge in [0.25, 0.3) is 0 Å². The molecule has 5 nitrogen and oxygen atoms in total. The van der Waals surface area contributed by atoms with Gasteiger partial charge in [-0.15, -0.1) is 17.8 Å². The van der Waals surface area contributed by atoms with Gasteiger partial charge >= 0.3 is 0 Å². The van der Waals surface area contributed by atoms with Gasteiger partial charge in [-0.2, -0.15) is 0 Å². The van der Waals surface area contributed by atoms with E-state index in [1.165, 1.54) is 6.92 Å². The van der Waals surface area contributed by atoms with Crippen LogP contribution in [0.4, 0.5) is 5.69 Å². The number of anilines is 1. The van der Waals surface area contributed by atoms with Crippen molar-refractivity contribution in [2.75, 3.05) is 5.32 Å². The van der Waals surface area contributed by atoms with E-state index in [1.807, 2.05) is 0 Å². The molecule has 6 heteroatoms. The van der Waals surface area contributed by atoms with Crippen molar-refractivity contribution in [2.45, 2.75) is 19.4 Å². The van der Waals surface area contributed by atoms with Crippen molar-refractivity contribution in [3.05, 3.63) is 29.8 Å². The van der Waals surface area contributed by atoms with Crippen LogP contribution in [0.2, 0.25) is 0 Å². The van der Waals surface area contributed by atoms with E-state index in [4.69, 9.17) is 5.73 Å². The van der Waals surface area contributed by atoms with E-state index < -0.39 is 6.04 Å². The van der Waals surface area contributed by atoms with E-state index in [1.54, 1.807) is 30.7 Å². The Balaban J connectivity index is 0. The largest absolute Gasteiger partial charge is 0.490 e. The van der Waals surface area contributed by atoms with Gasteiger partial charge in [0.2, 0.25) is 0 Å². The number of ketones is 1. The fourth-order valence-corrected chi connectivity index (χ4v) is 1.16. The van der Waals surface area contributed by atoms with Gasteiger partial charge in [-0.1, -0.05) is 12.1 Å². The summed E-state index contributed by atoms with van der Waals surface area (Å²) in [4.78, 5) is 20.9. The number of nitrogens with one attached hydrogen (secondary N) is 2. The molecule has 0 bridgehead atoms. The van der Waals surface area contributed by atoms with Crippen molar-refractivity contribution in [2.24, 2.45) is 0 Å². The maximum Gasteiger partial charge on any atom is 0.148 e. The summed E-state index contributed by atoms with van der Waals surface area (Å²) in [5.74, 6) is -0.140. The third-order valence-corrected chi connectivity index (χ3v) is 2.08. The molecule has 1 radical (unpaired) electrons. The number of benzene rings is 1. The smallest absolute Gasteiger partial charge is 0.148 e. The molecule has 1 aromatic rings. The van der Waals surface area contributed by atoms with Crippen LogP contribution in [-0.2, 0) is 16.0 Å². The molecule has 0 aliphatic carbocycles. The van der Waals surface area contributed by atoms with Crippen LogP contribution in [0.25, 0.3) is 0 Å². The van der Waals surface area contributed by atoms with Crippen LogP contribution in [0.1, 0.15) is 12.5 Å². The van der Waals surface area contributed by atoms with Gasteiger partial charge < -0.3 is 15.6 Å². The molecule has 1 amide bonds. The first-order valence-corrected chi connectivity index (χ1v) is 4.57. The van der Waals surface area contributed by atoms with Crippen LogP contribution in [0, 0.1) is 31.1 Å². The van der Waals surface area contributed by atoms with Crippen molar-refractivity contribution >= 4 is 17.9 Å². The van der Waals surface area contributed by atoms with Crippen molar-refractivity contribution in [3.63, 3.8) is 0 Å². The molecule has 1 aromatic carbocycles. The Kier molecular flexibility index (Phi) is 10.3. The fourth-order valence-electron chi connectivity index (χ4n) is 1.16. The van der Waals surface area contributed by atoms with E-state index in [2.05, 4.69) is 5.32 Å². The third kappa shape index (κ3) is 6.59. The molecule has 1 rings (SSSR count). The van der Waals surface area contributed by atoms with Gasteiger partial charge in [-0.3, -0.25) is 4.79 Å². The number of hydrogen-bond acceptors (Lipinski definition) is 2. The number of amides is 1. The molecule has 0 saturated heterocycles. The summed E-state index contributed by atoms with van der Waals surface area (Å²) < 4.78 is 0. The van der Waals surface area contributed by atoms with Crippen LogP contribution < -0.4 is 11.1 Å². The van der Waals surface area contributed by atoms with Crippen LogP contribution >= 0.6 is 0 Å². The summed E-state index contributed by atoms with van der Waals surface area (Å²) in [5, 5.41) is 2.39. The second-order valence-electron chi connectivity index (χ2n) is 3.29. The van der Waals surface area contributed by atoms with Crippen LogP contribution in [0.3, 0.4) is 0 Å². The summed E-state index contributed by atoms with van der Waals surface area (Å²) in [5.41, 5.74) is 9.03. The number of carbonyl (C=O) groups is 1. The summed E-state index contributed by atoms with van der Waals surface area (Å²) in [6, 6.07) is 6.29. The minimum atomic E-state index is -0.707. The SMILES string of the molecule is CC(=O)[C@@H]([NH])Cc1ccc(N[C-]=O)cc1.O.[U]. The van der Waals surface area contributed by atoms with Crippen LogP contribution in [0.5, 0.6) is 0 Å². The summed E-state index contributed by atoms with van der Waals surface area (Å²) >= 11 is 0. The van der Waals surface area contributed by atoms with Gasteiger partial charge in [0, 0.05) is 31.1 Å². The molecule has 0 aromatic heterocycles. The second-order valence-corrected chi connectivity index (χ2v) is 3.29. The van der Waals surface area contributed by atoms with Crippen molar-refractivity contribution < 1.29 is 46.2 Å². The first kappa shape index (κ1) is 18.7. The Hall–Kier alpha value is -0.668. The van der Waals surface area contributed by atoms with Crippen molar-refractivity contribution in [1.29, 1.82) is 0 Å². The molecular weight excluding hydrogens is 446 g/mol. The average molecular weight is 460 g/mol. The van der Waals surface area contributed by atoms with Crippen molar-refractivity contribution in [3.8, 4) is 0 Å². The normalized spacial score (nSPS) is 10.5. The predicted molar refractivity (Wildman–Crippen MR) is 60.6 cm³/mol. The Morgan fingerprint density at radius 2 is 1.94 bits per heavy atom. The van der Waals surface area contributed by atoms with Crippen LogP contribution in [0.15, 0.2) is 24.3 Å². The zero-order chi connectivity index (χ0) is 11.3. The van der Waals surface area contributed by atoms with Crippen LogP contribution in [-0.4, -0.2) is 23.7 Å². The number of carbonyl (C=O) groups excluding carboxylic acids is 2. The number of hydrogen-bond donors (Lipinski definition) is 1. The molecular formula is C11H14N2O3U-. The minimum absolute atomic E-state index is 0. The van der Waals surface area contributed by atoms with Gasteiger partial charge in [-0.05, 0) is 18.9 Å². The quantitative estimate of drug-likeness (QED) is 0.499. The predicted octanol–water partition coefficient (Wildman–Crippen LogP) is 0.124. The second kappa shape index (κ2) is 9.37. The van der Waals surface area contributed by atoms with E-state index in [-0.39, 0.29) is 42.4 Å². The fraction of sp³-hybridized carbons (Fsp3) is 0.273. The zero-order valence-corrected chi connectivity index (χ0v) is 13.6. The molecule has 0 aliphatic heterocycles. The first-order valence-electron chi connectivity index (χ1n) is 4.57. The molecule has 0 saturated carbocycles. The van der Waals surface area contributed by atoms with E-state index >= 15 is 0 Å². The maximum atomic E-state index is 10.9. The topological polar surface area (TPSA) is 101 Å². The first-order chi connectivity index (χ1) is 7.13. The van der Waals surface area contributed by atoms with E-state index in [0.717, 1.165) is 5.56 Å². The standard InChI is InChI=1S/C11H12N2O2.H2O.U/c1-8(15)11(12)6-9-2-4-10(5-3-9)13-7-14;;/h2-5,11-12H,6H2,1H3,(H,13,14);1H2;/q-1;;/t11-;;/m0../s1. The summed E-state index contributed by atoms with van der Waals surface area (Å²) in [7, 11) is 0. The maximum absolute atomic E-state index is 10.9. The Morgan fingerprint density at radius 1 is 1.41 bits per heavy atom. The molecule has 0 fully saturated rings. The molecule has 0 spiro atoms. The van der Waals surface area contributed by atoms with Gasteiger partial charge in [-0.25, -0.2) is 5.73 Å². The summed E-state index contributed by atoms with van der Waals surface area (Å²) in [6.07, 6.45) is 1.97.